The van der Waals surface area contributed by atoms with Gasteiger partial charge in [0.15, 0.2) is 0 Å². The number of rotatable bonds is 6. The maximum atomic E-state index is 12.4. The summed E-state index contributed by atoms with van der Waals surface area (Å²) in [5.74, 6) is -2.01. The summed E-state index contributed by atoms with van der Waals surface area (Å²) in [5, 5.41) is 12.6. The summed E-state index contributed by atoms with van der Waals surface area (Å²) >= 11 is 0. The van der Waals surface area contributed by atoms with E-state index >= 15 is 0 Å². The highest BCUT2D eigenvalue weighted by Gasteiger charge is 2.61. The van der Waals surface area contributed by atoms with Gasteiger partial charge in [0.2, 0.25) is 5.54 Å². The number of aliphatic hydroxyl groups excluding tert-OH is 1. The van der Waals surface area contributed by atoms with E-state index in [0.29, 0.717) is 0 Å². The lowest BCUT2D eigenvalue weighted by Crippen LogP contribution is -2.60. The predicted octanol–water partition coefficient (Wildman–Crippen LogP) is 0.644. The van der Waals surface area contributed by atoms with Gasteiger partial charge in [-0.25, -0.2) is 9.59 Å². The maximum Gasteiger partial charge on any atom is 0.338 e. The van der Waals surface area contributed by atoms with Crippen LogP contribution in [0.4, 0.5) is 0 Å². The average molecular weight is 299 g/mol. The van der Waals surface area contributed by atoms with Crippen LogP contribution < -0.4 is 5.32 Å². The highest BCUT2D eigenvalue weighted by atomic mass is 16.6. The number of hydrogen-bond acceptors (Lipinski definition) is 6. The molecule has 0 aliphatic carbocycles. The minimum Gasteiger partial charge on any atom is -0.464 e. The molecule has 21 heavy (non-hydrogen) atoms. The Labute approximate surface area is 125 Å². The Bertz CT molecular complexity index is 389. The average Bonchev–Trinajstić information content (AvgIpc) is 2.73. The van der Waals surface area contributed by atoms with E-state index in [1.54, 1.807) is 20.8 Å². The largest absolute Gasteiger partial charge is 0.464 e. The minimum atomic E-state index is -1.57. The molecule has 1 aliphatic heterocycles. The molecule has 1 fully saturated rings. The maximum absolute atomic E-state index is 12.4. The zero-order valence-electron chi connectivity index (χ0n) is 13.1. The molecule has 0 aromatic carbocycles. The first-order valence-corrected chi connectivity index (χ1v) is 7.35. The molecule has 1 heterocycles. The smallest absolute Gasteiger partial charge is 0.338 e. The number of nitrogens with one attached hydrogen (secondary N) is 1. The second-order valence-corrected chi connectivity index (χ2v) is 5.08. The highest BCUT2D eigenvalue weighted by molar-refractivity contribution is 6.06. The molecular formula is C15H25NO5. The predicted molar refractivity (Wildman–Crippen MR) is 77.5 cm³/mol. The lowest BCUT2D eigenvalue weighted by molar-refractivity contribution is -0.168. The van der Waals surface area contributed by atoms with Crippen LogP contribution in [0.15, 0.2) is 12.2 Å². The minimum absolute atomic E-state index is 0.135. The molecule has 0 radical (unpaired) electrons. The topological polar surface area (TPSA) is 84.9 Å². The lowest BCUT2D eigenvalue weighted by atomic mass is 9.80. The van der Waals surface area contributed by atoms with Crippen molar-refractivity contribution in [3.05, 3.63) is 12.2 Å². The number of carbonyl (C=O) groups excluding carboxylic acids is 2. The molecule has 2 N–H and O–H groups in total. The van der Waals surface area contributed by atoms with Gasteiger partial charge in [0.05, 0.1) is 13.2 Å². The van der Waals surface area contributed by atoms with E-state index in [0.717, 1.165) is 0 Å². The fourth-order valence-corrected chi connectivity index (χ4v) is 2.87. The first-order valence-electron chi connectivity index (χ1n) is 7.35. The van der Waals surface area contributed by atoms with E-state index in [9.17, 15) is 14.7 Å². The molecule has 0 amide bonds. The van der Waals surface area contributed by atoms with Gasteiger partial charge < -0.3 is 14.6 Å². The Hall–Kier alpha value is -1.40. The number of ether oxygens (including phenoxy) is 2. The molecule has 6 heteroatoms. The molecule has 1 saturated heterocycles. The Balaban J connectivity index is 3.23. The van der Waals surface area contributed by atoms with Crippen molar-refractivity contribution < 1.29 is 24.2 Å². The molecule has 1 aliphatic rings. The summed E-state index contributed by atoms with van der Waals surface area (Å²) in [4.78, 5) is 24.8. The number of aliphatic hydroxyl groups is 1. The summed E-state index contributed by atoms with van der Waals surface area (Å²) in [5.41, 5.74) is -1.57. The molecule has 0 bridgehead atoms. The van der Waals surface area contributed by atoms with Crippen LogP contribution in [0.1, 0.15) is 27.7 Å². The van der Waals surface area contributed by atoms with Gasteiger partial charge in [-0.3, -0.25) is 5.32 Å². The molecule has 0 spiro atoms. The number of esters is 2. The quantitative estimate of drug-likeness (QED) is 0.425. The molecule has 0 saturated carbocycles. The van der Waals surface area contributed by atoms with Crippen LogP contribution in [0, 0.1) is 11.8 Å². The highest BCUT2D eigenvalue weighted by Crippen LogP contribution is 2.37. The SMILES string of the molecule is C/C=C/[C@H]1NC(C(=O)OCC)(C(=O)OCC)[C@H](C)[C@H]1CO. The molecular weight excluding hydrogens is 274 g/mol. The van der Waals surface area contributed by atoms with Crippen molar-refractivity contribution >= 4 is 11.9 Å². The van der Waals surface area contributed by atoms with Crippen LogP contribution in [0.25, 0.3) is 0 Å². The third-order valence-corrected chi connectivity index (χ3v) is 3.99. The fraction of sp³-hybridized carbons (Fsp3) is 0.733. The van der Waals surface area contributed by atoms with E-state index in [4.69, 9.17) is 9.47 Å². The van der Waals surface area contributed by atoms with Gasteiger partial charge in [0, 0.05) is 24.5 Å². The molecule has 0 unspecified atom stereocenters. The fourth-order valence-electron chi connectivity index (χ4n) is 2.87. The van der Waals surface area contributed by atoms with E-state index in [1.165, 1.54) is 0 Å². The Morgan fingerprint density at radius 2 is 1.76 bits per heavy atom. The zero-order valence-corrected chi connectivity index (χ0v) is 13.1. The Kier molecular flexibility index (Phi) is 6.36. The zero-order chi connectivity index (χ0) is 16.0. The summed E-state index contributed by atoms with van der Waals surface area (Å²) in [7, 11) is 0. The third-order valence-electron chi connectivity index (χ3n) is 3.99. The molecule has 0 aromatic rings. The third kappa shape index (κ3) is 3.11. The first-order chi connectivity index (χ1) is 9.99. The Morgan fingerprint density at radius 1 is 1.24 bits per heavy atom. The summed E-state index contributed by atoms with van der Waals surface area (Å²) in [6.07, 6.45) is 3.65. The number of hydrogen-bond donors (Lipinski definition) is 2. The van der Waals surface area contributed by atoms with Gasteiger partial charge in [-0.1, -0.05) is 19.1 Å². The summed E-state index contributed by atoms with van der Waals surface area (Å²) < 4.78 is 10.2. The van der Waals surface area contributed by atoms with Crippen molar-refractivity contribution in [3.63, 3.8) is 0 Å². The van der Waals surface area contributed by atoms with Gasteiger partial charge in [-0.05, 0) is 20.8 Å². The first kappa shape index (κ1) is 17.7. The van der Waals surface area contributed by atoms with Crippen molar-refractivity contribution in [3.8, 4) is 0 Å². The van der Waals surface area contributed by atoms with Crippen LogP contribution in [0.2, 0.25) is 0 Å². The summed E-state index contributed by atoms with van der Waals surface area (Å²) in [6.45, 7) is 7.18. The standard InChI is InChI=1S/C15H25NO5/c1-5-8-12-11(9-17)10(4)15(16-12,13(18)20-6-2)14(19)21-7-3/h5,8,10-12,16-17H,6-7,9H2,1-4H3/b8-5+/t10-,11-,12-/m1/s1. The van der Waals surface area contributed by atoms with E-state index in [-0.39, 0.29) is 31.8 Å². The van der Waals surface area contributed by atoms with Gasteiger partial charge in [0.25, 0.3) is 0 Å². The normalized spacial score (nSPS) is 27.8. The molecule has 120 valence electrons. The van der Waals surface area contributed by atoms with Gasteiger partial charge in [-0.2, -0.15) is 0 Å². The monoisotopic (exact) mass is 299 g/mol. The van der Waals surface area contributed by atoms with Crippen molar-refractivity contribution in [1.29, 1.82) is 0 Å². The van der Waals surface area contributed by atoms with Crippen molar-refractivity contribution in [2.45, 2.75) is 39.3 Å². The van der Waals surface area contributed by atoms with Crippen molar-refractivity contribution in [2.24, 2.45) is 11.8 Å². The van der Waals surface area contributed by atoms with E-state index in [1.807, 2.05) is 19.1 Å². The molecule has 0 aromatic heterocycles. The second-order valence-electron chi connectivity index (χ2n) is 5.08. The van der Waals surface area contributed by atoms with Crippen LogP contribution in [-0.4, -0.2) is 48.4 Å². The van der Waals surface area contributed by atoms with E-state index in [2.05, 4.69) is 5.32 Å². The molecule has 1 rings (SSSR count). The lowest BCUT2D eigenvalue weighted by Gasteiger charge is -2.29. The molecule has 6 nitrogen and oxygen atoms in total. The summed E-state index contributed by atoms with van der Waals surface area (Å²) in [6, 6.07) is -0.288. The van der Waals surface area contributed by atoms with Crippen molar-refractivity contribution in [2.75, 3.05) is 19.8 Å². The number of carbonyl (C=O) groups is 2. The van der Waals surface area contributed by atoms with Gasteiger partial charge in [0.1, 0.15) is 0 Å². The second kappa shape index (κ2) is 7.56. The van der Waals surface area contributed by atoms with Crippen LogP contribution in [-0.2, 0) is 19.1 Å². The van der Waals surface area contributed by atoms with Crippen LogP contribution in [0.3, 0.4) is 0 Å². The van der Waals surface area contributed by atoms with Gasteiger partial charge >= 0.3 is 11.9 Å². The van der Waals surface area contributed by atoms with Crippen molar-refractivity contribution in [1.82, 2.24) is 5.32 Å². The van der Waals surface area contributed by atoms with Crippen LogP contribution in [0.5, 0.6) is 0 Å². The van der Waals surface area contributed by atoms with E-state index < -0.39 is 23.4 Å². The van der Waals surface area contributed by atoms with Crippen LogP contribution >= 0.6 is 0 Å². The van der Waals surface area contributed by atoms with Gasteiger partial charge in [-0.15, -0.1) is 0 Å². The molecule has 3 atom stereocenters. The Morgan fingerprint density at radius 3 is 2.14 bits per heavy atom. The number of allylic oxidation sites excluding steroid dienone is 1.